The molecular weight excluding hydrogens is 346 g/mol. The molecule has 2 bridgehead atoms. The van der Waals surface area contributed by atoms with Gasteiger partial charge in [-0.15, -0.1) is 0 Å². The van der Waals surface area contributed by atoms with E-state index in [0.717, 1.165) is 55.4 Å². The Morgan fingerprint density at radius 1 is 1.15 bits per heavy atom. The summed E-state index contributed by atoms with van der Waals surface area (Å²) in [6.45, 7) is 4.60. The fourth-order valence-electron chi connectivity index (χ4n) is 4.46. The van der Waals surface area contributed by atoms with Crippen LogP contribution in [0, 0.1) is 5.92 Å². The van der Waals surface area contributed by atoms with Crippen molar-refractivity contribution in [2.75, 3.05) is 54.1 Å². The number of methoxy groups -OCH3 is 1. The third kappa shape index (κ3) is 3.65. The Morgan fingerprint density at radius 2 is 1.89 bits per heavy atom. The Balaban J connectivity index is 1.54. The van der Waals surface area contributed by atoms with Crippen molar-refractivity contribution in [1.82, 2.24) is 14.7 Å². The number of piperidine rings is 1. The van der Waals surface area contributed by atoms with E-state index in [1.165, 1.54) is 6.42 Å². The highest BCUT2D eigenvalue weighted by Crippen LogP contribution is 2.38. The van der Waals surface area contributed by atoms with Crippen molar-refractivity contribution < 1.29 is 19.0 Å². The van der Waals surface area contributed by atoms with Gasteiger partial charge in [-0.2, -0.15) is 0 Å². The van der Waals surface area contributed by atoms with Gasteiger partial charge in [-0.3, -0.25) is 4.90 Å². The van der Waals surface area contributed by atoms with Crippen LogP contribution in [0.3, 0.4) is 0 Å². The number of carbonyl (C=O) groups excluding carboxylic acids is 1. The van der Waals surface area contributed by atoms with E-state index < -0.39 is 0 Å². The molecule has 7 nitrogen and oxygen atoms in total. The molecule has 4 heterocycles. The summed E-state index contributed by atoms with van der Waals surface area (Å²) < 4.78 is 17.1. The molecule has 27 heavy (non-hydrogen) atoms. The second-order valence-corrected chi connectivity index (χ2v) is 7.92. The number of amides is 2. The van der Waals surface area contributed by atoms with Gasteiger partial charge < -0.3 is 24.0 Å². The van der Waals surface area contributed by atoms with Gasteiger partial charge in [-0.05, 0) is 24.8 Å². The number of rotatable bonds is 3. The van der Waals surface area contributed by atoms with Crippen LogP contribution in [-0.2, 0) is 6.54 Å². The minimum atomic E-state index is 0.116. The van der Waals surface area contributed by atoms with Crippen LogP contribution in [0.1, 0.15) is 18.4 Å². The van der Waals surface area contributed by atoms with Crippen LogP contribution >= 0.6 is 0 Å². The molecule has 0 aromatic heterocycles. The molecule has 5 rings (SSSR count). The molecule has 0 N–H and O–H groups in total. The molecule has 0 unspecified atom stereocenters. The Labute approximate surface area is 160 Å². The molecule has 0 saturated carbocycles. The lowest BCUT2D eigenvalue weighted by Crippen LogP contribution is -2.45. The fourth-order valence-corrected chi connectivity index (χ4v) is 4.46. The first kappa shape index (κ1) is 18.2. The summed E-state index contributed by atoms with van der Waals surface area (Å²) in [5.41, 5.74) is 1.11. The van der Waals surface area contributed by atoms with Crippen molar-refractivity contribution in [3.05, 3.63) is 17.7 Å². The number of carbonyl (C=O) groups is 1. The maximum absolute atomic E-state index is 12.5. The molecule has 148 valence electrons. The summed E-state index contributed by atoms with van der Waals surface area (Å²) in [7, 11) is 5.35. The Bertz CT molecular complexity index is 709. The maximum atomic E-state index is 12.5. The van der Waals surface area contributed by atoms with E-state index >= 15 is 0 Å². The van der Waals surface area contributed by atoms with Gasteiger partial charge in [0.1, 0.15) is 19.0 Å². The van der Waals surface area contributed by atoms with Crippen molar-refractivity contribution in [3.8, 4) is 17.2 Å². The summed E-state index contributed by atoms with van der Waals surface area (Å²) in [4.78, 5) is 18.7. The van der Waals surface area contributed by atoms with E-state index in [9.17, 15) is 4.79 Å². The number of ether oxygens (including phenoxy) is 3. The zero-order valence-corrected chi connectivity index (χ0v) is 16.4. The lowest BCUT2D eigenvalue weighted by molar-refractivity contribution is 0.121. The lowest BCUT2D eigenvalue weighted by atomic mass is 9.94. The quantitative estimate of drug-likeness (QED) is 0.809. The van der Waals surface area contributed by atoms with Crippen LogP contribution in [0.25, 0.3) is 0 Å². The van der Waals surface area contributed by atoms with Crippen LogP contribution in [-0.4, -0.2) is 80.8 Å². The third-order valence-electron chi connectivity index (χ3n) is 5.80. The van der Waals surface area contributed by atoms with Crippen LogP contribution < -0.4 is 14.2 Å². The normalized spacial score (nSPS) is 24.5. The topological polar surface area (TPSA) is 54.5 Å². The molecule has 1 aromatic carbocycles. The van der Waals surface area contributed by atoms with Crippen molar-refractivity contribution >= 4 is 6.03 Å². The highest BCUT2D eigenvalue weighted by molar-refractivity contribution is 5.74. The van der Waals surface area contributed by atoms with E-state index in [4.69, 9.17) is 14.2 Å². The minimum absolute atomic E-state index is 0.116. The van der Waals surface area contributed by atoms with E-state index in [1.807, 2.05) is 25.1 Å². The Kier molecular flexibility index (Phi) is 5.04. The predicted octanol–water partition coefficient (Wildman–Crippen LogP) is 2.04. The van der Waals surface area contributed by atoms with Gasteiger partial charge in [0.25, 0.3) is 0 Å². The van der Waals surface area contributed by atoms with E-state index in [0.29, 0.717) is 25.2 Å². The molecule has 0 spiro atoms. The molecule has 1 aromatic rings. The molecule has 2 amide bonds. The summed E-state index contributed by atoms with van der Waals surface area (Å²) in [6, 6.07) is 4.48. The first-order valence-electron chi connectivity index (χ1n) is 9.72. The monoisotopic (exact) mass is 375 g/mol. The Morgan fingerprint density at radius 3 is 2.59 bits per heavy atom. The fraction of sp³-hybridized carbons (Fsp3) is 0.650. The summed E-state index contributed by atoms with van der Waals surface area (Å²) >= 11 is 0. The number of fused-ring (bicyclic) bond motifs is 5. The van der Waals surface area contributed by atoms with Crippen LogP contribution in [0.5, 0.6) is 17.2 Å². The molecule has 2 atom stereocenters. The maximum Gasteiger partial charge on any atom is 0.319 e. The summed E-state index contributed by atoms with van der Waals surface area (Å²) in [5.74, 6) is 2.90. The zero-order valence-electron chi connectivity index (χ0n) is 16.4. The molecule has 3 fully saturated rings. The summed E-state index contributed by atoms with van der Waals surface area (Å²) in [6.07, 6.45) is 2.32. The second kappa shape index (κ2) is 7.46. The molecule has 4 aliphatic rings. The lowest BCUT2D eigenvalue weighted by Gasteiger charge is -2.36. The largest absolute Gasteiger partial charge is 0.496 e. The van der Waals surface area contributed by atoms with Crippen LogP contribution in [0.4, 0.5) is 4.79 Å². The van der Waals surface area contributed by atoms with Gasteiger partial charge in [-0.25, -0.2) is 4.79 Å². The van der Waals surface area contributed by atoms with Gasteiger partial charge in [0.2, 0.25) is 0 Å². The Hall–Kier alpha value is -2.15. The van der Waals surface area contributed by atoms with Crippen molar-refractivity contribution in [1.29, 1.82) is 0 Å². The molecule has 0 radical (unpaired) electrons. The van der Waals surface area contributed by atoms with Gasteiger partial charge in [-0.1, -0.05) is 0 Å². The predicted molar refractivity (Wildman–Crippen MR) is 102 cm³/mol. The van der Waals surface area contributed by atoms with Gasteiger partial charge in [0.05, 0.1) is 7.11 Å². The van der Waals surface area contributed by atoms with E-state index in [-0.39, 0.29) is 6.03 Å². The first-order valence-corrected chi connectivity index (χ1v) is 9.72. The first-order chi connectivity index (χ1) is 13.0. The molecular formula is C20H29N3O4. The van der Waals surface area contributed by atoms with Crippen molar-refractivity contribution in [3.63, 3.8) is 0 Å². The molecule has 3 saturated heterocycles. The second-order valence-electron chi connectivity index (χ2n) is 7.92. The summed E-state index contributed by atoms with van der Waals surface area (Å²) in [5, 5.41) is 0. The van der Waals surface area contributed by atoms with Crippen LogP contribution in [0.2, 0.25) is 0 Å². The van der Waals surface area contributed by atoms with Crippen molar-refractivity contribution in [2.24, 2.45) is 5.92 Å². The van der Waals surface area contributed by atoms with E-state index in [1.54, 1.807) is 12.0 Å². The number of nitrogens with zero attached hydrogens (tertiary/aromatic N) is 3. The molecule has 0 aliphatic carbocycles. The van der Waals surface area contributed by atoms with Crippen LogP contribution in [0.15, 0.2) is 12.1 Å². The number of urea groups is 1. The number of hydrogen-bond donors (Lipinski definition) is 0. The molecule has 4 aliphatic heterocycles. The minimum Gasteiger partial charge on any atom is -0.496 e. The molecule has 7 heteroatoms. The highest BCUT2D eigenvalue weighted by Gasteiger charge is 2.37. The van der Waals surface area contributed by atoms with Gasteiger partial charge in [0.15, 0.2) is 11.5 Å². The van der Waals surface area contributed by atoms with Gasteiger partial charge in [0, 0.05) is 57.9 Å². The standard InChI is InChI=1S/C20H29N3O4/c1-21(2)20(24)23-11-14-4-5-16(13-23)22(10-14)12-15-8-18-19(9-17(15)25-3)27-7-6-26-18/h8-9,14,16H,4-7,10-13H2,1-3H3/t14-,16-/m1/s1. The van der Waals surface area contributed by atoms with Crippen molar-refractivity contribution in [2.45, 2.75) is 25.4 Å². The average molecular weight is 375 g/mol. The van der Waals surface area contributed by atoms with Gasteiger partial charge >= 0.3 is 6.03 Å². The number of benzene rings is 1. The average Bonchev–Trinajstić information content (AvgIpc) is 2.98. The third-order valence-corrected chi connectivity index (χ3v) is 5.80. The smallest absolute Gasteiger partial charge is 0.319 e. The highest BCUT2D eigenvalue weighted by atomic mass is 16.6. The van der Waals surface area contributed by atoms with E-state index in [2.05, 4.69) is 11.0 Å². The number of hydrogen-bond acceptors (Lipinski definition) is 5. The SMILES string of the molecule is COc1cc2c(cc1CN1C[C@H]3CC[C@@H]1CN(C(=O)N(C)C)C3)OCCO2. The zero-order chi connectivity index (χ0) is 19.0.